The van der Waals surface area contributed by atoms with E-state index in [1.165, 1.54) is 17.8 Å². The van der Waals surface area contributed by atoms with E-state index in [0.29, 0.717) is 19.0 Å². The summed E-state index contributed by atoms with van der Waals surface area (Å²) in [4.78, 5) is 29.6. The molecule has 2 saturated heterocycles. The van der Waals surface area contributed by atoms with Gasteiger partial charge in [0.25, 0.3) is 5.91 Å². The summed E-state index contributed by atoms with van der Waals surface area (Å²) >= 11 is 0. The zero-order valence-corrected chi connectivity index (χ0v) is 17.6. The summed E-state index contributed by atoms with van der Waals surface area (Å²) < 4.78 is 2.19. The van der Waals surface area contributed by atoms with Gasteiger partial charge in [-0.1, -0.05) is 0 Å². The summed E-state index contributed by atoms with van der Waals surface area (Å²) in [5.74, 6) is 0.458. The summed E-state index contributed by atoms with van der Waals surface area (Å²) in [6.45, 7) is 7.32. The van der Waals surface area contributed by atoms with Crippen molar-refractivity contribution in [3.8, 4) is 5.69 Å². The third-order valence-electron chi connectivity index (χ3n) is 6.44. The number of piperidine rings is 2. The van der Waals surface area contributed by atoms with Crippen LogP contribution in [0.15, 0.2) is 36.4 Å². The molecule has 0 saturated carbocycles. The Morgan fingerprint density at radius 1 is 0.759 bits per heavy atom. The molecule has 0 bridgehead atoms. The van der Waals surface area contributed by atoms with Crippen molar-refractivity contribution in [1.29, 1.82) is 0 Å². The largest absolute Gasteiger partial charge is 0.342 e. The number of hydrogen-bond donors (Lipinski definition) is 0. The molecule has 2 amide bonds. The van der Waals surface area contributed by atoms with Crippen molar-refractivity contribution in [3.63, 3.8) is 0 Å². The van der Waals surface area contributed by atoms with E-state index in [1.54, 1.807) is 0 Å². The second-order valence-corrected chi connectivity index (χ2v) is 8.45. The molecule has 1 aromatic heterocycles. The molecule has 2 fully saturated rings. The van der Waals surface area contributed by atoms with Crippen LogP contribution in [0.5, 0.6) is 0 Å². The van der Waals surface area contributed by atoms with Crippen LogP contribution in [0.1, 0.15) is 53.8 Å². The minimum atomic E-state index is 0.0707. The van der Waals surface area contributed by atoms with Crippen molar-refractivity contribution in [2.24, 2.45) is 5.92 Å². The van der Waals surface area contributed by atoms with Crippen LogP contribution in [0.25, 0.3) is 5.69 Å². The maximum absolute atomic E-state index is 12.9. The quantitative estimate of drug-likeness (QED) is 0.792. The zero-order chi connectivity index (χ0) is 20.4. The van der Waals surface area contributed by atoms with E-state index >= 15 is 0 Å². The molecule has 2 aliphatic heterocycles. The fraction of sp³-hybridized carbons (Fsp3) is 0.500. The Morgan fingerprint density at radius 2 is 1.34 bits per heavy atom. The summed E-state index contributed by atoms with van der Waals surface area (Å²) in [7, 11) is 0. The topological polar surface area (TPSA) is 45.6 Å². The van der Waals surface area contributed by atoms with Gasteiger partial charge in [-0.2, -0.15) is 0 Å². The number of nitrogens with zero attached hydrogens (tertiary/aromatic N) is 3. The van der Waals surface area contributed by atoms with E-state index < -0.39 is 0 Å². The normalized spacial score (nSPS) is 18.1. The Bertz CT molecular complexity index is 851. The maximum atomic E-state index is 12.9. The average Bonchev–Trinajstić information content (AvgIpc) is 3.11. The lowest BCUT2D eigenvalue weighted by Gasteiger charge is -2.35. The SMILES string of the molecule is Cc1ccc(C)n1-c1ccc(C(=O)N2CCC(C(=O)N3CCCCC3)CC2)cc1. The molecule has 2 aromatic rings. The first-order valence-electron chi connectivity index (χ1n) is 10.9. The first-order valence-corrected chi connectivity index (χ1v) is 10.9. The van der Waals surface area contributed by atoms with Crippen LogP contribution in [0.2, 0.25) is 0 Å². The van der Waals surface area contributed by atoms with Gasteiger partial charge in [0.1, 0.15) is 0 Å². The van der Waals surface area contributed by atoms with Gasteiger partial charge < -0.3 is 14.4 Å². The van der Waals surface area contributed by atoms with E-state index in [1.807, 2.05) is 34.1 Å². The number of carbonyl (C=O) groups excluding carboxylic acids is 2. The van der Waals surface area contributed by atoms with Gasteiger partial charge in [0, 0.05) is 54.7 Å². The van der Waals surface area contributed by atoms with Gasteiger partial charge in [-0.3, -0.25) is 9.59 Å². The van der Waals surface area contributed by atoms with Gasteiger partial charge in [0.15, 0.2) is 0 Å². The van der Waals surface area contributed by atoms with E-state index in [2.05, 4.69) is 30.5 Å². The van der Waals surface area contributed by atoms with Crippen LogP contribution in [-0.2, 0) is 4.79 Å². The smallest absolute Gasteiger partial charge is 0.253 e. The van der Waals surface area contributed by atoms with Crippen LogP contribution in [0, 0.1) is 19.8 Å². The number of aryl methyl sites for hydroxylation is 2. The molecule has 0 aliphatic carbocycles. The fourth-order valence-electron chi connectivity index (χ4n) is 4.71. The molecule has 0 unspecified atom stereocenters. The van der Waals surface area contributed by atoms with Crippen molar-refractivity contribution in [3.05, 3.63) is 53.3 Å². The number of hydrogen-bond acceptors (Lipinski definition) is 2. The van der Waals surface area contributed by atoms with Crippen molar-refractivity contribution in [2.75, 3.05) is 26.2 Å². The van der Waals surface area contributed by atoms with Gasteiger partial charge in [0.2, 0.25) is 5.91 Å². The van der Waals surface area contributed by atoms with Crippen molar-refractivity contribution < 1.29 is 9.59 Å². The summed E-state index contributed by atoms with van der Waals surface area (Å²) in [6.07, 6.45) is 5.04. The Kier molecular flexibility index (Phi) is 5.74. The van der Waals surface area contributed by atoms with Crippen molar-refractivity contribution in [2.45, 2.75) is 46.0 Å². The van der Waals surface area contributed by atoms with E-state index in [-0.39, 0.29) is 11.8 Å². The molecule has 5 heteroatoms. The van der Waals surface area contributed by atoms with Gasteiger partial charge in [-0.25, -0.2) is 0 Å². The van der Waals surface area contributed by atoms with Crippen molar-refractivity contribution in [1.82, 2.24) is 14.4 Å². The van der Waals surface area contributed by atoms with Crippen LogP contribution < -0.4 is 0 Å². The predicted octanol–water partition coefficient (Wildman–Crippen LogP) is 3.96. The molecule has 0 radical (unpaired) electrons. The van der Waals surface area contributed by atoms with Gasteiger partial charge in [0.05, 0.1) is 0 Å². The van der Waals surface area contributed by atoms with E-state index in [0.717, 1.165) is 50.0 Å². The fourth-order valence-corrected chi connectivity index (χ4v) is 4.71. The standard InChI is InChI=1S/C24H31N3O2/c1-18-6-7-19(2)27(18)22-10-8-20(9-11-22)23(28)26-16-12-21(13-17-26)24(29)25-14-4-3-5-15-25/h6-11,21H,3-5,12-17H2,1-2H3. The Labute approximate surface area is 173 Å². The molecule has 0 atom stereocenters. The molecular formula is C24H31N3O2. The molecule has 29 heavy (non-hydrogen) atoms. The third kappa shape index (κ3) is 4.09. The maximum Gasteiger partial charge on any atom is 0.253 e. The zero-order valence-electron chi connectivity index (χ0n) is 17.6. The first-order chi connectivity index (χ1) is 14.0. The van der Waals surface area contributed by atoms with Crippen LogP contribution >= 0.6 is 0 Å². The number of likely N-dealkylation sites (tertiary alicyclic amines) is 2. The predicted molar refractivity (Wildman–Crippen MR) is 114 cm³/mol. The van der Waals surface area contributed by atoms with Gasteiger partial charge in [-0.15, -0.1) is 0 Å². The van der Waals surface area contributed by atoms with Crippen LogP contribution in [-0.4, -0.2) is 52.4 Å². The highest BCUT2D eigenvalue weighted by Crippen LogP contribution is 2.24. The molecule has 1 aromatic carbocycles. The Morgan fingerprint density at radius 3 is 1.93 bits per heavy atom. The second-order valence-electron chi connectivity index (χ2n) is 8.45. The number of rotatable bonds is 3. The molecule has 3 heterocycles. The summed E-state index contributed by atoms with van der Waals surface area (Å²) in [5.41, 5.74) is 4.16. The minimum Gasteiger partial charge on any atom is -0.342 e. The highest BCUT2D eigenvalue weighted by molar-refractivity contribution is 5.94. The second kappa shape index (κ2) is 8.44. The van der Waals surface area contributed by atoms with Crippen molar-refractivity contribution >= 4 is 11.8 Å². The Hall–Kier alpha value is -2.56. The highest BCUT2D eigenvalue weighted by Gasteiger charge is 2.31. The molecule has 2 aliphatic rings. The number of aromatic nitrogens is 1. The molecule has 0 spiro atoms. The Balaban J connectivity index is 1.36. The summed E-state index contributed by atoms with van der Waals surface area (Å²) in [5, 5.41) is 0. The van der Waals surface area contributed by atoms with Gasteiger partial charge in [-0.05, 0) is 82.3 Å². The number of amides is 2. The molecule has 154 valence electrons. The first kappa shape index (κ1) is 19.7. The number of carbonyl (C=O) groups is 2. The number of benzene rings is 1. The van der Waals surface area contributed by atoms with E-state index in [4.69, 9.17) is 0 Å². The van der Waals surface area contributed by atoms with Crippen LogP contribution in [0.4, 0.5) is 0 Å². The lowest BCUT2D eigenvalue weighted by Crippen LogP contribution is -2.45. The highest BCUT2D eigenvalue weighted by atomic mass is 16.2. The lowest BCUT2D eigenvalue weighted by molar-refractivity contribution is -0.137. The average molecular weight is 394 g/mol. The molecule has 5 nitrogen and oxygen atoms in total. The summed E-state index contributed by atoms with van der Waals surface area (Å²) in [6, 6.07) is 12.1. The monoisotopic (exact) mass is 393 g/mol. The van der Waals surface area contributed by atoms with Gasteiger partial charge >= 0.3 is 0 Å². The lowest BCUT2D eigenvalue weighted by atomic mass is 9.94. The minimum absolute atomic E-state index is 0.0707. The molecule has 4 rings (SSSR count). The third-order valence-corrected chi connectivity index (χ3v) is 6.44. The van der Waals surface area contributed by atoms with E-state index in [9.17, 15) is 9.59 Å². The van der Waals surface area contributed by atoms with Crippen LogP contribution in [0.3, 0.4) is 0 Å². The molecule has 0 N–H and O–H groups in total. The molecular weight excluding hydrogens is 362 g/mol.